The quantitative estimate of drug-likeness (QED) is 0.352. The Labute approximate surface area is 200 Å². The number of aldehydes is 1. The molecule has 0 aliphatic heterocycles. The molecule has 1 aliphatic rings. The molecule has 0 unspecified atom stereocenters. The van der Waals surface area contributed by atoms with E-state index in [4.69, 9.17) is 9.47 Å². The number of anilines is 1. The van der Waals surface area contributed by atoms with Crippen molar-refractivity contribution in [3.8, 4) is 11.6 Å². The Bertz CT molecular complexity index is 1080. The van der Waals surface area contributed by atoms with Crippen molar-refractivity contribution in [1.29, 1.82) is 0 Å². The van der Waals surface area contributed by atoms with Crippen LogP contribution >= 0.6 is 0 Å². The Morgan fingerprint density at radius 3 is 2.44 bits per heavy atom. The van der Waals surface area contributed by atoms with Gasteiger partial charge in [0.25, 0.3) is 0 Å². The summed E-state index contributed by atoms with van der Waals surface area (Å²) < 4.78 is 25.8. The molecule has 9 heteroatoms. The van der Waals surface area contributed by atoms with Crippen LogP contribution in [0, 0.1) is 17.7 Å². The molecule has 1 heterocycles. The number of hydrogen-bond donors (Lipinski definition) is 0. The molecule has 0 spiro atoms. The van der Waals surface area contributed by atoms with Gasteiger partial charge in [-0.2, -0.15) is 0 Å². The van der Waals surface area contributed by atoms with Crippen LogP contribution in [0.5, 0.6) is 11.6 Å². The van der Waals surface area contributed by atoms with E-state index in [9.17, 15) is 14.4 Å². The van der Waals surface area contributed by atoms with E-state index in [-0.39, 0.29) is 40.7 Å². The largest absolute Gasteiger partial charge is 0.465 e. The average molecular weight is 468 g/mol. The average Bonchev–Trinajstić information content (AvgIpc) is 2.81. The lowest BCUT2D eigenvalue weighted by Crippen LogP contribution is -2.43. The molecule has 2 aromatic rings. The van der Waals surface area contributed by atoms with Gasteiger partial charge in [0.2, 0.25) is 11.8 Å². The van der Waals surface area contributed by atoms with Crippen LogP contribution in [-0.2, 0) is 9.53 Å². The Hall–Kier alpha value is -3.23. The van der Waals surface area contributed by atoms with Crippen LogP contribution in [0.25, 0.3) is 0 Å². The number of esters is 1. The van der Waals surface area contributed by atoms with Crippen molar-refractivity contribution in [3.05, 3.63) is 41.3 Å². The number of hydrogen-bond acceptors (Lipinski definition) is 6. The molecule has 0 atom stereocenters. The molecule has 1 saturated carbocycles. The second kappa shape index (κ2) is 10.8. The molecule has 0 N–H and O–H groups in total. The predicted molar refractivity (Wildman–Crippen MR) is 129 cm³/mol. The van der Waals surface area contributed by atoms with Crippen molar-refractivity contribution >= 4 is 37.2 Å². The van der Waals surface area contributed by atoms with Crippen LogP contribution in [0.1, 0.15) is 67.2 Å². The number of carbonyl (C=O) groups excluding carboxylic acids is 3. The highest BCUT2D eigenvalue weighted by Gasteiger charge is 2.33. The Morgan fingerprint density at radius 1 is 1.21 bits per heavy atom. The van der Waals surface area contributed by atoms with E-state index in [0.717, 1.165) is 31.7 Å². The summed E-state index contributed by atoms with van der Waals surface area (Å²) in [4.78, 5) is 42.7. The number of nitrogens with zero attached hydrogens (tertiary/aromatic N) is 2. The summed E-state index contributed by atoms with van der Waals surface area (Å²) in [6.07, 6.45) is 5.42. The molecule has 34 heavy (non-hydrogen) atoms. The van der Waals surface area contributed by atoms with Gasteiger partial charge in [0.1, 0.15) is 7.85 Å². The van der Waals surface area contributed by atoms with Gasteiger partial charge in [-0.1, -0.05) is 13.0 Å². The van der Waals surface area contributed by atoms with E-state index >= 15 is 4.39 Å². The van der Waals surface area contributed by atoms with Crippen molar-refractivity contribution in [1.82, 2.24) is 4.98 Å². The number of aromatic nitrogens is 1. The molecule has 0 bridgehead atoms. The minimum Gasteiger partial charge on any atom is -0.465 e. The Morgan fingerprint density at radius 2 is 1.88 bits per heavy atom. The zero-order valence-corrected chi connectivity index (χ0v) is 20.3. The third-order valence-electron chi connectivity index (χ3n) is 6.23. The van der Waals surface area contributed by atoms with E-state index < -0.39 is 11.8 Å². The first-order valence-electron chi connectivity index (χ1n) is 11.5. The summed E-state index contributed by atoms with van der Waals surface area (Å²) in [5.41, 5.74) is 1.06. The molecular formula is C25H30BFN2O5. The number of halogens is 1. The summed E-state index contributed by atoms with van der Waals surface area (Å²) in [5.74, 6) is -1.32. The van der Waals surface area contributed by atoms with Gasteiger partial charge in [-0.3, -0.25) is 9.59 Å². The van der Waals surface area contributed by atoms with Crippen LogP contribution in [0.2, 0.25) is 0 Å². The molecular weight excluding hydrogens is 438 g/mol. The zero-order valence-electron chi connectivity index (χ0n) is 20.3. The number of benzene rings is 1. The summed E-state index contributed by atoms with van der Waals surface area (Å²) in [6.45, 7) is 5.83. The Balaban J connectivity index is 2.02. The summed E-state index contributed by atoms with van der Waals surface area (Å²) in [5, 5.41) is 0. The van der Waals surface area contributed by atoms with Gasteiger partial charge >= 0.3 is 5.97 Å². The first-order valence-corrected chi connectivity index (χ1v) is 11.5. The fraction of sp³-hybridized carbons (Fsp3) is 0.440. The molecule has 1 aromatic carbocycles. The molecule has 1 aromatic heterocycles. The minimum atomic E-state index is -0.751. The van der Waals surface area contributed by atoms with E-state index in [2.05, 4.69) is 11.9 Å². The number of ether oxygens (including phenoxy) is 2. The van der Waals surface area contributed by atoms with Gasteiger partial charge in [-0.15, -0.1) is 0 Å². The van der Waals surface area contributed by atoms with E-state index in [1.165, 1.54) is 24.3 Å². The van der Waals surface area contributed by atoms with Crippen molar-refractivity contribution in [2.45, 2.75) is 52.5 Å². The van der Waals surface area contributed by atoms with Crippen LogP contribution in [0.15, 0.2) is 24.4 Å². The van der Waals surface area contributed by atoms with E-state index in [0.29, 0.717) is 23.2 Å². The summed E-state index contributed by atoms with van der Waals surface area (Å²) >= 11 is 0. The maximum absolute atomic E-state index is 15.2. The van der Waals surface area contributed by atoms with Crippen molar-refractivity contribution in [2.75, 3.05) is 12.0 Å². The maximum Gasteiger partial charge on any atom is 0.340 e. The van der Waals surface area contributed by atoms with E-state index in [1.807, 2.05) is 13.8 Å². The molecule has 0 radical (unpaired) electrons. The lowest BCUT2D eigenvalue weighted by molar-refractivity contribution is -0.123. The highest BCUT2D eigenvalue weighted by molar-refractivity contribution is 6.34. The van der Waals surface area contributed by atoms with Gasteiger partial charge in [-0.05, 0) is 50.9 Å². The topological polar surface area (TPSA) is 85.8 Å². The maximum atomic E-state index is 15.2. The highest BCUT2D eigenvalue weighted by Crippen LogP contribution is 2.36. The SMILES string of the molecule is Bc1cc(C=O)cnc1Oc1cc(C(=O)OC)c(N(C(=O)[C@H]2CC[C@H](C)CC2)C(C)C)cc1F. The fourth-order valence-corrected chi connectivity index (χ4v) is 4.31. The summed E-state index contributed by atoms with van der Waals surface area (Å²) in [7, 11) is 2.90. The van der Waals surface area contributed by atoms with Gasteiger partial charge in [0, 0.05) is 35.9 Å². The van der Waals surface area contributed by atoms with Crippen LogP contribution < -0.4 is 15.1 Å². The van der Waals surface area contributed by atoms with E-state index in [1.54, 1.807) is 13.9 Å². The molecule has 0 saturated heterocycles. The number of methoxy groups -OCH3 is 1. The number of rotatable bonds is 7. The lowest BCUT2D eigenvalue weighted by Gasteiger charge is -2.34. The molecule has 3 rings (SSSR count). The summed E-state index contributed by atoms with van der Waals surface area (Å²) in [6, 6.07) is 3.63. The number of pyridine rings is 1. The monoisotopic (exact) mass is 468 g/mol. The molecule has 1 aliphatic carbocycles. The lowest BCUT2D eigenvalue weighted by atomic mass is 9.82. The van der Waals surface area contributed by atoms with Gasteiger partial charge < -0.3 is 14.4 Å². The Kier molecular flexibility index (Phi) is 8.07. The molecule has 1 fully saturated rings. The third kappa shape index (κ3) is 5.46. The number of carbonyl (C=O) groups is 3. The van der Waals surface area contributed by atoms with Crippen LogP contribution in [-0.4, -0.2) is 44.1 Å². The smallest absolute Gasteiger partial charge is 0.340 e. The van der Waals surface area contributed by atoms with Crippen molar-refractivity contribution < 1.29 is 28.2 Å². The van der Waals surface area contributed by atoms with Crippen molar-refractivity contribution in [3.63, 3.8) is 0 Å². The second-order valence-electron chi connectivity index (χ2n) is 9.16. The molecule has 180 valence electrons. The van der Waals surface area contributed by atoms with Gasteiger partial charge in [0.15, 0.2) is 17.9 Å². The molecule has 1 amide bonds. The fourth-order valence-electron chi connectivity index (χ4n) is 4.31. The second-order valence-corrected chi connectivity index (χ2v) is 9.16. The minimum absolute atomic E-state index is 0.0206. The third-order valence-corrected chi connectivity index (χ3v) is 6.23. The van der Waals surface area contributed by atoms with Gasteiger partial charge in [0.05, 0.1) is 18.4 Å². The zero-order chi connectivity index (χ0) is 25.0. The van der Waals surface area contributed by atoms with Crippen LogP contribution in [0.3, 0.4) is 0 Å². The molecule has 7 nitrogen and oxygen atoms in total. The van der Waals surface area contributed by atoms with Crippen LogP contribution in [0.4, 0.5) is 10.1 Å². The van der Waals surface area contributed by atoms with Gasteiger partial charge in [-0.25, -0.2) is 14.2 Å². The number of amides is 1. The first kappa shape index (κ1) is 25.4. The van der Waals surface area contributed by atoms with Crippen molar-refractivity contribution in [2.24, 2.45) is 11.8 Å². The normalized spacial score (nSPS) is 17.8. The predicted octanol–water partition coefficient (Wildman–Crippen LogP) is 3.44. The highest BCUT2D eigenvalue weighted by atomic mass is 19.1. The first-order chi connectivity index (χ1) is 16.2. The standard InChI is InChI=1S/C25H30BFN2O5/c1-14(2)29(24(31)17-7-5-15(3)6-8-17)21-11-20(27)22(10-18(21)25(32)33-4)34-23-19(26)9-16(13-30)12-28-23/h9-15,17H,5-8,26H2,1-4H3/t15-,17-.